The zero-order valence-electron chi connectivity index (χ0n) is 25.8. The minimum Gasteiger partial charge on any atom is -0.381 e. The van der Waals surface area contributed by atoms with E-state index >= 15 is 0 Å². The smallest absolute Gasteiger partial charge is 0.257 e. The molecule has 1 fully saturated rings. The quantitative estimate of drug-likeness (QED) is 0.407. The average molecular weight is 592 g/mol. The van der Waals surface area contributed by atoms with Gasteiger partial charge in [0, 0.05) is 18.7 Å². The third-order valence-electron chi connectivity index (χ3n) is 6.38. The molecule has 5 rings (SSSR count). The SMILES string of the molecule is CC.CC.CC(=O)C(O)c1cccc(-c2ccc(F)c(C(=O)N3CCOCC3)c2)c1.Cc1ccc(C2=NCC(=O)N2)cc1. The summed E-state index contributed by atoms with van der Waals surface area (Å²) in [6.45, 7) is 13.3. The number of halogens is 1. The van der Waals surface area contributed by atoms with Crippen molar-refractivity contribution in [2.75, 3.05) is 32.8 Å². The van der Waals surface area contributed by atoms with Gasteiger partial charge in [0.15, 0.2) is 5.78 Å². The number of hydrogen-bond acceptors (Lipinski definition) is 6. The Kier molecular flexibility index (Phi) is 14.4. The Morgan fingerprint density at radius 1 is 0.930 bits per heavy atom. The summed E-state index contributed by atoms with van der Waals surface area (Å²) in [7, 11) is 0. The van der Waals surface area contributed by atoms with E-state index in [1.54, 1.807) is 35.2 Å². The van der Waals surface area contributed by atoms with Crippen LogP contribution < -0.4 is 5.32 Å². The number of carbonyl (C=O) groups excluding carboxylic acids is 3. The first-order valence-electron chi connectivity index (χ1n) is 14.6. The van der Waals surface area contributed by atoms with Crippen LogP contribution in [-0.4, -0.2) is 66.3 Å². The molecule has 0 spiro atoms. The van der Waals surface area contributed by atoms with Crippen LogP contribution in [-0.2, 0) is 14.3 Å². The van der Waals surface area contributed by atoms with Gasteiger partial charge in [-0.25, -0.2) is 4.39 Å². The molecule has 0 aliphatic carbocycles. The van der Waals surface area contributed by atoms with Crippen molar-refractivity contribution in [2.24, 2.45) is 4.99 Å². The first-order chi connectivity index (χ1) is 20.7. The third-order valence-corrected chi connectivity index (χ3v) is 6.38. The molecule has 2 aliphatic rings. The standard InChI is InChI=1S/C20H20FNO4.C10H10N2O.2C2H6/c1-13(23)19(24)16-4-2-3-14(11-16)15-5-6-18(21)17(12-15)20(25)22-7-9-26-10-8-22;1-7-2-4-8(5-3-7)10-11-6-9(13)12-10;2*1-2/h2-6,11-12,19,24H,7-10H2,1H3;2-5H,6H2,1H3,(H,11,12,13);2*1-2H3. The van der Waals surface area contributed by atoms with Crippen molar-refractivity contribution in [2.45, 2.75) is 47.6 Å². The lowest BCUT2D eigenvalue weighted by Gasteiger charge is -2.27. The molecule has 3 aromatic carbocycles. The van der Waals surface area contributed by atoms with Crippen LogP contribution in [0.5, 0.6) is 0 Å². The highest BCUT2D eigenvalue weighted by Gasteiger charge is 2.22. The van der Waals surface area contributed by atoms with E-state index in [4.69, 9.17) is 4.74 Å². The molecular formula is C34H42FN3O5. The Labute approximate surface area is 253 Å². The Bertz CT molecular complexity index is 1400. The number of amidine groups is 1. The second kappa shape index (κ2) is 17.7. The number of aliphatic imine (C=N–C) groups is 1. The number of benzene rings is 3. The van der Waals surface area contributed by atoms with Crippen LogP contribution >= 0.6 is 0 Å². The predicted molar refractivity (Wildman–Crippen MR) is 168 cm³/mol. The number of nitrogens with one attached hydrogen (secondary N) is 1. The largest absolute Gasteiger partial charge is 0.381 e. The number of amides is 2. The van der Waals surface area contributed by atoms with Gasteiger partial charge in [-0.3, -0.25) is 19.4 Å². The van der Waals surface area contributed by atoms with Crippen molar-refractivity contribution in [3.63, 3.8) is 0 Å². The van der Waals surface area contributed by atoms with Gasteiger partial charge in [0.25, 0.3) is 5.91 Å². The second-order valence-electron chi connectivity index (χ2n) is 9.32. The summed E-state index contributed by atoms with van der Waals surface area (Å²) < 4.78 is 19.5. The fraction of sp³-hybridized carbons (Fsp3) is 0.353. The van der Waals surface area contributed by atoms with Gasteiger partial charge in [-0.05, 0) is 48.7 Å². The minimum atomic E-state index is -1.20. The van der Waals surface area contributed by atoms with Gasteiger partial charge in [0.1, 0.15) is 24.3 Å². The number of ether oxygens (including phenoxy) is 1. The van der Waals surface area contributed by atoms with Gasteiger partial charge in [0.05, 0.1) is 18.8 Å². The number of hydrogen-bond donors (Lipinski definition) is 2. The molecule has 2 heterocycles. The molecule has 43 heavy (non-hydrogen) atoms. The third kappa shape index (κ3) is 9.94. The van der Waals surface area contributed by atoms with E-state index in [1.165, 1.54) is 24.6 Å². The van der Waals surface area contributed by atoms with Gasteiger partial charge in [-0.2, -0.15) is 0 Å². The van der Waals surface area contributed by atoms with Crippen molar-refractivity contribution >= 4 is 23.4 Å². The van der Waals surface area contributed by atoms with Gasteiger partial charge < -0.3 is 20.1 Å². The molecule has 1 saturated heterocycles. The summed E-state index contributed by atoms with van der Waals surface area (Å²) in [5, 5.41) is 12.6. The monoisotopic (exact) mass is 591 g/mol. The molecule has 8 nitrogen and oxygen atoms in total. The van der Waals surface area contributed by atoms with Crippen molar-refractivity contribution in [1.29, 1.82) is 0 Å². The van der Waals surface area contributed by atoms with Crippen LogP contribution in [0.4, 0.5) is 4.39 Å². The summed E-state index contributed by atoms with van der Waals surface area (Å²) in [6.07, 6.45) is -1.20. The average Bonchev–Trinajstić information content (AvgIpc) is 3.49. The Morgan fingerprint density at radius 3 is 2.12 bits per heavy atom. The number of ketones is 1. The van der Waals surface area contributed by atoms with Gasteiger partial charge in [-0.15, -0.1) is 0 Å². The molecule has 0 bridgehead atoms. The van der Waals surface area contributed by atoms with Crippen molar-refractivity contribution in [1.82, 2.24) is 10.2 Å². The van der Waals surface area contributed by atoms with E-state index in [0.717, 1.165) is 5.56 Å². The van der Waals surface area contributed by atoms with E-state index in [-0.39, 0.29) is 29.7 Å². The molecule has 9 heteroatoms. The summed E-state index contributed by atoms with van der Waals surface area (Å²) >= 11 is 0. The highest BCUT2D eigenvalue weighted by atomic mass is 19.1. The maximum atomic E-state index is 14.2. The molecule has 230 valence electrons. The van der Waals surface area contributed by atoms with Crippen molar-refractivity contribution in [3.05, 3.63) is 94.8 Å². The zero-order chi connectivity index (χ0) is 31.9. The molecule has 1 unspecified atom stereocenters. The molecular weight excluding hydrogens is 549 g/mol. The fourth-order valence-electron chi connectivity index (χ4n) is 4.17. The number of rotatable bonds is 5. The molecule has 2 amide bonds. The Hall–Kier alpha value is -4.21. The van der Waals surface area contributed by atoms with E-state index in [0.29, 0.717) is 48.8 Å². The van der Waals surface area contributed by atoms with Crippen LogP contribution in [0.2, 0.25) is 0 Å². The van der Waals surface area contributed by atoms with Crippen LogP contribution in [0, 0.1) is 12.7 Å². The van der Waals surface area contributed by atoms with E-state index < -0.39 is 11.9 Å². The lowest BCUT2D eigenvalue weighted by Crippen LogP contribution is -2.41. The van der Waals surface area contributed by atoms with Gasteiger partial charge in [-0.1, -0.05) is 81.8 Å². The molecule has 0 saturated carbocycles. The van der Waals surface area contributed by atoms with Crippen molar-refractivity contribution in [3.8, 4) is 11.1 Å². The summed E-state index contributed by atoms with van der Waals surface area (Å²) in [5.41, 5.74) is 3.96. The van der Waals surface area contributed by atoms with Crippen LogP contribution in [0.1, 0.15) is 67.8 Å². The summed E-state index contributed by atoms with van der Waals surface area (Å²) in [4.78, 5) is 40.5. The molecule has 1 atom stereocenters. The lowest BCUT2D eigenvalue weighted by molar-refractivity contribution is -0.125. The number of aliphatic hydroxyl groups is 1. The van der Waals surface area contributed by atoms with Gasteiger partial charge >= 0.3 is 0 Å². The molecule has 3 aromatic rings. The molecule has 2 N–H and O–H groups in total. The molecule has 0 radical (unpaired) electrons. The van der Waals surface area contributed by atoms with E-state index in [9.17, 15) is 23.9 Å². The number of aryl methyl sites for hydroxylation is 1. The normalized spacial score (nSPS) is 14.4. The molecule has 2 aliphatic heterocycles. The van der Waals surface area contributed by atoms with Crippen LogP contribution in [0.3, 0.4) is 0 Å². The lowest BCUT2D eigenvalue weighted by atomic mass is 9.97. The van der Waals surface area contributed by atoms with Gasteiger partial charge in [0.2, 0.25) is 5.91 Å². The number of Topliss-reactive ketones (excluding diaryl/α,β-unsaturated/α-hetero) is 1. The number of carbonyl (C=O) groups is 3. The highest BCUT2D eigenvalue weighted by molar-refractivity contribution is 6.12. The molecule has 0 aromatic heterocycles. The Balaban J connectivity index is 0.000000317. The maximum Gasteiger partial charge on any atom is 0.257 e. The predicted octanol–water partition coefficient (Wildman–Crippen LogP) is 5.51. The Morgan fingerprint density at radius 2 is 1.53 bits per heavy atom. The first kappa shape index (κ1) is 35.0. The summed E-state index contributed by atoms with van der Waals surface area (Å²) in [6, 6.07) is 19.1. The minimum absolute atomic E-state index is 0.00178. The fourth-order valence-corrected chi connectivity index (χ4v) is 4.17. The number of nitrogens with zero attached hydrogens (tertiary/aromatic N) is 2. The van der Waals surface area contributed by atoms with Crippen molar-refractivity contribution < 1.29 is 28.6 Å². The number of aliphatic hydroxyl groups excluding tert-OH is 1. The second-order valence-corrected chi connectivity index (χ2v) is 9.32. The van der Waals surface area contributed by atoms with Crippen LogP contribution in [0.25, 0.3) is 11.1 Å². The van der Waals surface area contributed by atoms with E-state index in [2.05, 4.69) is 10.3 Å². The summed E-state index contributed by atoms with van der Waals surface area (Å²) in [5.74, 6) is -0.650. The van der Waals surface area contributed by atoms with Crippen LogP contribution in [0.15, 0.2) is 71.7 Å². The highest BCUT2D eigenvalue weighted by Crippen LogP contribution is 2.26. The van der Waals surface area contributed by atoms with E-state index in [1.807, 2.05) is 58.9 Å². The zero-order valence-corrected chi connectivity index (χ0v) is 25.8. The maximum absolute atomic E-state index is 14.2. The topological polar surface area (TPSA) is 108 Å². The number of morpholine rings is 1. The first-order valence-corrected chi connectivity index (χ1v) is 14.6.